The molecule has 0 spiro atoms. The van der Waals surface area contributed by atoms with Crippen LogP contribution in [0.2, 0.25) is 0 Å². The molecule has 0 radical (unpaired) electrons. The second kappa shape index (κ2) is 8.78. The number of aryl methyl sites for hydroxylation is 2. The van der Waals surface area contributed by atoms with E-state index in [-0.39, 0.29) is 11.9 Å². The highest BCUT2D eigenvalue weighted by Gasteiger charge is 2.18. The van der Waals surface area contributed by atoms with Crippen molar-refractivity contribution >= 4 is 5.91 Å². The van der Waals surface area contributed by atoms with Gasteiger partial charge < -0.3 is 10.3 Å². The van der Waals surface area contributed by atoms with Crippen molar-refractivity contribution in [3.8, 4) is 11.3 Å². The minimum atomic E-state index is -0.168. The SMILES string of the molecule is Cc1ccc(-c2cc(C(=O)NC(Cc3ccccc3)Cc3cnc[nH]3)[nH]n2)c(C)c1. The van der Waals surface area contributed by atoms with E-state index < -0.39 is 0 Å². The Hall–Kier alpha value is -3.67. The van der Waals surface area contributed by atoms with E-state index in [1.807, 2.05) is 30.3 Å². The number of benzene rings is 2. The fourth-order valence-corrected chi connectivity index (χ4v) is 3.67. The zero-order valence-corrected chi connectivity index (χ0v) is 17.1. The molecule has 30 heavy (non-hydrogen) atoms. The van der Waals surface area contributed by atoms with Crippen molar-refractivity contribution in [3.05, 3.63) is 95.2 Å². The summed E-state index contributed by atoms with van der Waals surface area (Å²) in [6.45, 7) is 4.11. The lowest BCUT2D eigenvalue weighted by Gasteiger charge is -2.18. The van der Waals surface area contributed by atoms with Gasteiger partial charge in [-0.05, 0) is 37.5 Å². The number of carbonyl (C=O) groups is 1. The molecular weight excluding hydrogens is 374 g/mol. The molecule has 0 saturated carbocycles. The fraction of sp³-hybridized carbons (Fsp3) is 0.208. The second-order valence-electron chi connectivity index (χ2n) is 7.63. The molecule has 2 aromatic heterocycles. The Morgan fingerprint density at radius 1 is 1.07 bits per heavy atom. The molecule has 1 amide bonds. The number of aromatic nitrogens is 4. The summed E-state index contributed by atoms with van der Waals surface area (Å²) in [5.41, 5.74) is 6.73. The standard InChI is InChI=1S/C24H25N5O/c1-16-8-9-21(17(2)10-16)22-13-23(29-28-22)24(30)27-19(12-20-14-25-15-26-20)11-18-6-4-3-5-7-18/h3-10,13-15,19H,11-12H2,1-2H3,(H,25,26)(H,27,30)(H,28,29). The van der Waals surface area contributed by atoms with Gasteiger partial charge in [-0.1, -0.05) is 54.1 Å². The van der Waals surface area contributed by atoms with Gasteiger partial charge in [0, 0.05) is 29.9 Å². The van der Waals surface area contributed by atoms with Gasteiger partial charge in [-0.3, -0.25) is 9.89 Å². The number of nitrogens with zero attached hydrogens (tertiary/aromatic N) is 2. The minimum Gasteiger partial charge on any atom is -0.348 e. The first kappa shape index (κ1) is 19.6. The molecule has 0 bridgehead atoms. The van der Waals surface area contributed by atoms with Crippen LogP contribution in [0.5, 0.6) is 0 Å². The van der Waals surface area contributed by atoms with E-state index in [2.05, 4.69) is 63.6 Å². The number of rotatable bonds is 7. The minimum absolute atomic E-state index is 0.0757. The Balaban J connectivity index is 1.51. The number of imidazole rings is 1. The van der Waals surface area contributed by atoms with Gasteiger partial charge in [-0.15, -0.1) is 0 Å². The first-order valence-electron chi connectivity index (χ1n) is 10.0. The lowest BCUT2D eigenvalue weighted by Crippen LogP contribution is -2.38. The zero-order chi connectivity index (χ0) is 20.9. The Morgan fingerprint density at radius 2 is 1.90 bits per heavy atom. The van der Waals surface area contributed by atoms with Crippen LogP contribution < -0.4 is 5.32 Å². The van der Waals surface area contributed by atoms with Crippen molar-refractivity contribution in [1.82, 2.24) is 25.5 Å². The molecule has 4 rings (SSSR count). The Labute approximate surface area is 175 Å². The average molecular weight is 399 g/mol. The van der Waals surface area contributed by atoms with Crippen molar-refractivity contribution in [2.75, 3.05) is 0 Å². The van der Waals surface area contributed by atoms with Gasteiger partial charge in [-0.25, -0.2) is 4.98 Å². The van der Waals surface area contributed by atoms with Crippen LogP contribution in [0.4, 0.5) is 0 Å². The van der Waals surface area contributed by atoms with Crippen molar-refractivity contribution in [2.45, 2.75) is 32.7 Å². The Kier molecular flexibility index (Phi) is 5.75. The molecule has 0 saturated heterocycles. The molecule has 0 aliphatic carbocycles. The van der Waals surface area contributed by atoms with Crippen LogP contribution in [0.25, 0.3) is 11.3 Å². The maximum Gasteiger partial charge on any atom is 0.269 e. The number of carbonyl (C=O) groups excluding carboxylic acids is 1. The molecule has 1 atom stereocenters. The van der Waals surface area contributed by atoms with Gasteiger partial charge >= 0.3 is 0 Å². The maximum atomic E-state index is 12.9. The normalized spacial score (nSPS) is 11.9. The number of H-pyrrole nitrogens is 2. The quantitative estimate of drug-likeness (QED) is 0.439. The number of hydrogen-bond donors (Lipinski definition) is 3. The molecule has 152 valence electrons. The predicted molar refractivity (Wildman–Crippen MR) is 117 cm³/mol. The molecule has 1 unspecified atom stereocenters. The van der Waals surface area contributed by atoms with Gasteiger partial charge in [0.05, 0.1) is 12.0 Å². The maximum absolute atomic E-state index is 12.9. The lowest BCUT2D eigenvalue weighted by molar-refractivity contribution is 0.0931. The fourth-order valence-electron chi connectivity index (χ4n) is 3.67. The highest BCUT2D eigenvalue weighted by molar-refractivity contribution is 5.93. The summed E-state index contributed by atoms with van der Waals surface area (Å²) in [7, 11) is 0. The number of amides is 1. The van der Waals surface area contributed by atoms with Crippen molar-refractivity contribution in [2.24, 2.45) is 0 Å². The molecule has 6 nitrogen and oxygen atoms in total. The smallest absolute Gasteiger partial charge is 0.269 e. The Morgan fingerprint density at radius 3 is 2.63 bits per heavy atom. The second-order valence-corrected chi connectivity index (χ2v) is 7.63. The molecule has 2 aromatic carbocycles. The van der Waals surface area contributed by atoms with E-state index in [1.165, 1.54) is 11.1 Å². The van der Waals surface area contributed by atoms with Crippen LogP contribution in [0.1, 0.15) is 32.9 Å². The summed E-state index contributed by atoms with van der Waals surface area (Å²) in [4.78, 5) is 20.2. The summed E-state index contributed by atoms with van der Waals surface area (Å²) in [5.74, 6) is -0.168. The van der Waals surface area contributed by atoms with Crippen molar-refractivity contribution in [1.29, 1.82) is 0 Å². The van der Waals surface area contributed by atoms with Crippen LogP contribution in [-0.4, -0.2) is 32.1 Å². The molecular formula is C24H25N5O. The van der Waals surface area contributed by atoms with Crippen LogP contribution in [0.3, 0.4) is 0 Å². The van der Waals surface area contributed by atoms with Crippen molar-refractivity contribution in [3.63, 3.8) is 0 Å². The van der Waals surface area contributed by atoms with Gasteiger partial charge in [0.25, 0.3) is 5.91 Å². The van der Waals surface area contributed by atoms with E-state index in [0.717, 1.165) is 28.9 Å². The van der Waals surface area contributed by atoms with Gasteiger partial charge in [0.1, 0.15) is 5.69 Å². The largest absolute Gasteiger partial charge is 0.348 e. The van der Waals surface area contributed by atoms with E-state index >= 15 is 0 Å². The molecule has 3 N–H and O–H groups in total. The summed E-state index contributed by atoms with van der Waals surface area (Å²) in [6.07, 6.45) is 4.84. The summed E-state index contributed by atoms with van der Waals surface area (Å²) in [6, 6.07) is 18.1. The number of aromatic amines is 2. The van der Waals surface area contributed by atoms with Crippen LogP contribution in [0.15, 0.2) is 67.1 Å². The topological polar surface area (TPSA) is 86.5 Å². The molecule has 6 heteroatoms. The zero-order valence-electron chi connectivity index (χ0n) is 17.1. The van der Waals surface area contributed by atoms with Crippen LogP contribution >= 0.6 is 0 Å². The molecule has 4 aromatic rings. The molecule has 0 fully saturated rings. The lowest BCUT2D eigenvalue weighted by atomic mass is 10.0. The third kappa shape index (κ3) is 4.66. The molecule has 0 aliphatic rings. The highest BCUT2D eigenvalue weighted by atomic mass is 16.2. The van der Waals surface area contributed by atoms with Crippen LogP contribution in [-0.2, 0) is 12.8 Å². The van der Waals surface area contributed by atoms with Gasteiger partial charge in [-0.2, -0.15) is 5.10 Å². The first-order valence-corrected chi connectivity index (χ1v) is 10.0. The number of hydrogen-bond acceptors (Lipinski definition) is 3. The number of nitrogens with one attached hydrogen (secondary N) is 3. The van der Waals surface area contributed by atoms with E-state index in [4.69, 9.17) is 0 Å². The van der Waals surface area contributed by atoms with Gasteiger partial charge in [0.15, 0.2) is 0 Å². The molecule has 0 aliphatic heterocycles. The van der Waals surface area contributed by atoms with E-state index in [0.29, 0.717) is 12.1 Å². The van der Waals surface area contributed by atoms with E-state index in [9.17, 15) is 4.79 Å². The van der Waals surface area contributed by atoms with Gasteiger partial charge in [0.2, 0.25) is 0 Å². The summed E-state index contributed by atoms with van der Waals surface area (Å²) in [5, 5.41) is 10.4. The predicted octanol–water partition coefficient (Wildman–Crippen LogP) is 4.00. The molecule has 2 heterocycles. The monoisotopic (exact) mass is 399 g/mol. The Bertz CT molecular complexity index is 1120. The van der Waals surface area contributed by atoms with E-state index in [1.54, 1.807) is 12.5 Å². The first-order chi connectivity index (χ1) is 14.6. The van der Waals surface area contributed by atoms with Crippen molar-refractivity contribution < 1.29 is 4.79 Å². The summed E-state index contributed by atoms with van der Waals surface area (Å²) >= 11 is 0. The third-order valence-corrected chi connectivity index (χ3v) is 5.16. The summed E-state index contributed by atoms with van der Waals surface area (Å²) < 4.78 is 0. The third-order valence-electron chi connectivity index (χ3n) is 5.16. The van der Waals surface area contributed by atoms with Crippen LogP contribution in [0, 0.1) is 13.8 Å². The average Bonchev–Trinajstić information content (AvgIpc) is 3.41. The highest BCUT2D eigenvalue weighted by Crippen LogP contribution is 2.23.